The number of hydrogen-bond donors (Lipinski definition) is 0. The van der Waals surface area contributed by atoms with E-state index in [0.29, 0.717) is 43.6 Å². The quantitative estimate of drug-likeness (QED) is 0.0936. The van der Waals surface area contributed by atoms with Crippen LogP contribution in [0, 0.1) is 23.3 Å². The lowest BCUT2D eigenvalue weighted by Gasteiger charge is -2.23. The maximum atomic E-state index is 16.2. The average molecular weight is 777 g/mol. The van der Waals surface area contributed by atoms with Crippen molar-refractivity contribution in [2.24, 2.45) is 0 Å². The van der Waals surface area contributed by atoms with Gasteiger partial charge in [-0.15, -0.1) is 0 Å². The van der Waals surface area contributed by atoms with Gasteiger partial charge >= 0.3 is 6.18 Å². The zero-order valence-electron chi connectivity index (χ0n) is 30.1. The van der Waals surface area contributed by atoms with Crippen molar-refractivity contribution >= 4 is 43.6 Å². The summed E-state index contributed by atoms with van der Waals surface area (Å²) in [6.07, 6.45) is -5.06. The fourth-order valence-corrected chi connectivity index (χ4v) is 8.32. The Labute approximate surface area is 326 Å². The second-order valence-corrected chi connectivity index (χ2v) is 14.1. The Bertz CT molecular complexity index is 3070. The predicted octanol–water partition coefficient (Wildman–Crippen LogP) is 14.5. The van der Waals surface area contributed by atoms with Crippen LogP contribution in [-0.2, 0) is 6.18 Å². The van der Waals surface area contributed by atoms with Crippen LogP contribution in [0.2, 0.25) is 0 Å². The maximum absolute atomic E-state index is 16.2. The first-order chi connectivity index (χ1) is 28.1. The Kier molecular flexibility index (Phi) is 8.05. The van der Waals surface area contributed by atoms with Crippen molar-refractivity contribution in [1.29, 1.82) is 0 Å². The van der Waals surface area contributed by atoms with Gasteiger partial charge in [-0.25, -0.2) is 17.6 Å². The molecule has 2 heterocycles. The first-order valence-corrected chi connectivity index (χ1v) is 18.3. The molecule has 0 fully saturated rings. The molecular weight excluding hydrogens is 750 g/mol. The molecule has 9 heteroatoms. The maximum Gasteiger partial charge on any atom is 0.420 e. The third-order valence-corrected chi connectivity index (χ3v) is 10.8. The molecule has 0 aliphatic rings. The lowest BCUT2D eigenvalue weighted by atomic mass is 9.97. The standard InChI is InChI=1S/C49H27F7N2/c50-37-27-38(51)47(52)48(53)45(37)32-25-43(57-39-17-9-7-15-33(39)35-23-30(19-21-41(35)57)28-11-3-1-4-12-28)46(49(54,55)56)44(26-32)58-40-18-10-8-16-34(40)36-24-31(20-22-42(36)58)29-13-5-2-6-14-29/h1-27H. The SMILES string of the molecule is Fc1cc(F)c(-c2cc(-n3c4ccccc4c4cc(-c5ccccc5)ccc43)c(C(F)(F)F)c(-n3c4ccccc4c4cc(-c5ccccc5)ccc43)c2)c(F)c1F. The minimum atomic E-state index is -5.06. The summed E-state index contributed by atoms with van der Waals surface area (Å²) in [4.78, 5) is 0. The number of aromatic nitrogens is 2. The van der Waals surface area contributed by atoms with E-state index in [-0.39, 0.29) is 6.07 Å². The summed E-state index contributed by atoms with van der Waals surface area (Å²) in [5, 5.41) is 2.52. The lowest BCUT2D eigenvalue weighted by molar-refractivity contribution is -0.137. The molecule has 0 saturated heterocycles. The summed E-state index contributed by atoms with van der Waals surface area (Å²) in [7, 11) is 0. The van der Waals surface area contributed by atoms with Crippen LogP contribution in [0.4, 0.5) is 30.7 Å². The van der Waals surface area contributed by atoms with Gasteiger partial charge in [0.15, 0.2) is 17.5 Å². The molecule has 0 aliphatic heterocycles. The van der Waals surface area contributed by atoms with E-state index in [1.54, 1.807) is 72.8 Å². The second-order valence-electron chi connectivity index (χ2n) is 14.1. The van der Waals surface area contributed by atoms with Crippen LogP contribution in [0.15, 0.2) is 164 Å². The highest BCUT2D eigenvalue weighted by Gasteiger charge is 2.40. The summed E-state index contributed by atoms with van der Waals surface area (Å²) in [5.74, 6) is -7.05. The Morgan fingerprint density at radius 3 is 1.24 bits per heavy atom. The minimum absolute atomic E-state index is 0.196. The van der Waals surface area contributed by atoms with E-state index < -0.39 is 57.5 Å². The molecule has 58 heavy (non-hydrogen) atoms. The van der Waals surface area contributed by atoms with Crippen molar-refractivity contribution < 1.29 is 30.7 Å². The van der Waals surface area contributed by atoms with E-state index in [0.717, 1.165) is 34.4 Å². The van der Waals surface area contributed by atoms with Crippen LogP contribution in [0.3, 0.4) is 0 Å². The first kappa shape index (κ1) is 35.3. The van der Waals surface area contributed by atoms with Crippen LogP contribution >= 0.6 is 0 Å². The molecule has 0 spiro atoms. The van der Waals surface area contributed by atoms with Crippen LogP contribution in [0.1, 0.15) is 5.56 Å². The van der Waals surface area contributed by atoms with Gasteiger partial charge in [0.05, 0.1) is 39.0 Å². The van der Waals surface area contributed by atoms with Crippen molar-refractivity contribution in [2.45, 2.75) is 6.18 Å². The molecular formula is C49H27F7N2. The number of rotatable bonds is 5. The zero-order chi connectivity index (χ0) is 39.9. The van der Waals surface area contributed by atoms with Gasteiger partial charge in [0.25, 0.3) is 0 Å². The van der Waals surface area contributed by atoms with Crippen molar-refractivity contribution in [3.8, 4) is 44.8 Å². The molecule has 0 radical (unpaired) electrons. The van der Waals surface area contributed by atoms with Crippen LogP contribution in [0.5, 0.6) is 0 Å². The molecule has 2 aromatic heterocycles. The molecule has 0 N–H and O–H groups in total. The molecule has 0 aliphatic carbocycles. The summed E-state index contributed by atoms with van der Waals surface area (Å²) < 4.78 is 112. The number of benzene rings is 8. The van der Waals surface area contributed by atoms with Gasteiger partial charge in [-0.1, -0.05) is 109 Å². The molecule has 10 rings (SSSR count). The molecule has 0 atom stereocenters. The van der Waals surface area contributed by atoms with Crippen molar-refractivity contribution in [3.63, 3.8) is 0 Å². The van der Waals surface area contributed by atoms with Gasteiger partial charge in [-0.05, 0) is 76.3 Å². The van der Waals surface area contributed by atoms with E-state index in [2.05, 4.69) is 0 Å². The minimum Gasteiger partial charge on any atom is -0.309 e. The Balaban J connectivity index is 1.36. The van der Waals surface area contributed by atoms with Crippen molar-refractivity contribution in [2.75, 3.05) is 0 Å². The number of hydrogen-bond acceptors (Lipinski definition) is 0. The third kappa shape index (κ3) is 5.49. The highest BCUT2D eigenvalue weighted by molar-refractivity contribution is 6.12. The van der Waals surface area contributed by atoms with Crippen LogP contribution in [-0.4, -0.2) is 9.13 Å². The molecule has 0 unspecified atom stereocenters. The first-order valence-electron chi connectivity index (χ1n) is 18.3. The smallest absolute Gasteiger partial charge is 0.309 e. The van der Waals surface area contributed by atoms with Gasteiger partial charge < -0.3 is 9.13 Å². The van der Waals surface area contributed by atoms with Gasteiger partial charge in [-0.3, -0.25) is 0 Å². The fraction of sp³-hybridized carbons (Fsp3) is 0.0204. The monoisotopic (exact) mass is 776 g/mol. The van der Waals surface area contributed by atoms with E-state index in [9.17, 15) is 8.78 Å². The average Bonchev–Trinajstić information content (AvgIpc) is 3.75. The largest absolute Gasteiger partial charge is 0.420 e. The summed E-state index contributed by atoms with van der Waals surface area (Å²) in [6, 6.07) is 46.0. The molecule has 282 valence electrons. The predicted molar refractivity (Wildman–Crippen MR) is 216 cm³/mol. The second kappa shape index (κ2) is 13.2. The number of nitrogens with zero attached hydrogens (tertiary/aromatic N) is 2. The van der Waals surface area contributed by atoms with Crippen molar-refractivity contribution in [1.82, 2.24) is 9.13 Å². The molecule has 2 nitrogen and oxygen atoms in total. The molecule has 0 saturated carbocycles. The summed E-state index contributed by atoms with van der Waals surface area (Å²) in [5.41, 5.74) is 1.52. The van der Waals surface area contributed by atoms with E-state index in [4.69, 9.17) is 0 Å². The Hall–Kier alpha value is -7.13. The molecule has 10 aromatic rings. The highest BCUT2D eigenvalue weighted by atomic mass is 19.4. The Morgan fingerprint density at radius 2 is 0.776 bits per heavy atom. The normalized spacial score (nSPS) is 12.1. The number of fused-ring (bicyclic) bond motifs is 6. The topological polar surface area (TPSA) is 9.86 Å². The lowest BCUT2D eigenvalue weighted by Crippen LogP contribution is -2.16. The third-order valence-electron chi connectivity index (χ3n) is 10.8. The van der Waals surface area contributed by atoms with Crippen molar-refractivity contribution in [3.05, 3.63) is 193 Å². The van der Waals surface area contributed by atoms with E-state index in [1.807, 2.05) is 72.8 Å². The molecule has 0 amide bonds. The van der Waals surface area contributed by atoms with Crippen LogP contribution < -0.4 is 0 Å². The zero-order valence-corrected chi connectivity index (χ0v) is 30.1. The summed E-state index contributed by atoms with van der Waals surface area (Å²) >= 11 is 0. The Morgan fingerprint density at radius 1 is 0.345 bits per heavy atom. The van der Waals surface area contributed by atoms with Gasteiger partial charge in [0, 0.05) is 27.6 Å². The van der Waals surface area contributed by atoms with Crippen LogP contribution in [0.25, 0.3) is 88.4 Å². The number of halogens is 7. The number of para-hydroxylation sites is 2. The summed E-state index contributed by atoms with van der Waals surface area (Å²) in [6.45, 7) is 0. The van der Waals surface area contributed by atoms with Gasteiger partial charge in [0.2, 0.25) is 0 Å². The highest BCUT2D eigenvalue weighted by Crippen LogP contribution is 2.47. The fourth-order valence-electron chi connectivity index (χ4n) is 8.32. The molecule has 0 bridgehead atoms. The van der Waals surface area contributed by atoms with E-state index >= 15 is 22.0 Å². The van der Waals surface area contributed by atoms with Gasteiger partial charge in [-0.2, -0.15) is 13.2 Å². The van der Waals surface area contributed by atoms with Gasteiger partial charge in [0.1, 0.15) is 11.4 Å². The van der Waals surface area contributed by atoms with E-state index in [1.165, 1.54) is 9.13 Å². The molecule has 8 aromatic carbocycles. The number of alkyl halides is 3.